The molecule has 3 aromatic rings. The van der Waals surface area contributed by atoms with E-state index in [-0.39, 0.29) is 6.10 Å². The van der Waals surface area contributed by atoms with Gasteiger partial charge < -0.3 is 23.8 Å². The number of methoxy groups -OCH3 is 1. The summed E-state index contributed by atoms with van der Waals surface area (Å²) in [6.07, 6.45) is 1.13. The van der Waals surface area contributed by atoms with E-state index >= 15 is 0 Å². The molecular formula is C23H25N7O5. The Labute approximate surface area is 201 Å². The number of nitrogens with zero attached hydrogens (tertiary/aromatic N) is 7. The van der Waals surface area contributed by atoms with Gasteiger partial charge in [-0.25, -0.2) is 9.78 Å². The molecule has 35 heavy (non-hydrogen) atoms. The van der Waals surface area contributed by atoms with Gasteiger partial charge in [0.05, 0.1) is 24.9 Å². The van der Waals surface area contributed by atoms with Crippen molar-refractivity contribution in [2.45, 2.75) is 6.10 Å². The Bertz CT molecular complexity index is 1250. The fourth-order valence-electron chi connectivity index (χ4n) is 4.60. The van der Waals surface area contributed by atoms with Gasteiger partial charge in [0.25, 0.3) is 5.88 Å². The lowest BCUT2D eigenvalue weighted by Gasteiger charge is -2.36. The molecule has 0 unspecified atom stereocenters. The van der Waals surface area contributed by atoms with E-state index in [9.17, 15) is 4.79 Å². The van der Waals surface area contributed by atoms with Crippen molar-refractivity contribution in [2.24, 2.45) is 0 Å². The lowest BCUT2D eigenvalue weighted by atomic mass is 10.2. The first-order chi connectivity index (χ1) is 17.2. The molecular weight excluding hydrogens is 454 g/mol. The van der Waals surface area contributed by atoms with Crippen molar-refractivity contribution in [3.8, 4) is 17.5 Å². The number of cyclic esters (lactones) is 1. The highest BCUT2D eigenvalue weighted by Crippen LogP contribution is 2.31. The van der Waals surface area contributed by atoms with Crippen molar-refractivity contribution in [1.29, 1.82) is 0 Å². The molecule has 0 spiro atoms. The number of piperazine rings is 1. The van der Waals surface area contributed by atoms with Gasteiger partial charge >= 0.3 is 6.09 Å². The van der Waals surface area contributed by atoms with E-state index in [0.717, 1.165) is 42.9 Å². The fraction of sp³-hybridized carbons (Fsp3) is 0.435. The summed E-state index contributed by atoms with van der Waals surface area (Å²) in [6.45, 7) is 5.27. The largest absolute Gasteiger partial charge is 0.484 e. The zero-order chi connectivity index (χ0) is 23.8. The number of fused-ring (bicyclic) bond motifs is 2. The van der Waals surface area contributed by atoms with Crippen LogP contribution < -0.4 is 24.0 Å². The van der Waals surface area contributed by atoms with Crippen LogP contribution in [0.3, 0.4) is 0 Å². The molecule has 0 saturated carbocycles. The summed E-state index contributed by atoms with van der Waals surface area (Å²) in [7, 11) is 1.61. The van der Waals surface area contributed by atoms with E-state index in [1.54, 1.807) is 13.2 Å². The van der Waals surface area contributed by atoms with Gasteiger partial charge in [0.1, 0.15) is 24.8 Å². The van der Waals surface area contributed by atoms with Crippen LogP contribution in [0.15, 0.2) is 30.5 Å². The van der Waals surface area contributed by atoms with Crippen LogP contribution >= 0.6 is 0 Å². The molecule has 12 heteroatoms. The van der Waals surface area contributed by atoms with Crippen LogP contribution in [0, 0.1) is 0 Å². The van der Waals surface area contributed by atoms with E-state index in [2.05, 4.69) is 30.0 Å². The van der Waals surface area contributed by atoms with Crippen LogP contribution in [0.1, 0.15) is 0 Å². The van der Waals surface area contributed by atoms with Gasteiger partial charge in [-0.3, -0.25) is 14.8 Å². The number of hydrogen-bond donors (Lipinski definition) is 0. The topological polar surface area (TPSA) is 115 Å². The molecule has 0 bridgehead atoms. The number of carbonyl (C=O) groups excluding carboxylic acids is 1. The predicted molar refractivity (Wildman–Crippen MR) is 125 cm³/mol. The minimum atomic E-state index is -0.428. The Morgan fingerprint density at radius 3 is 2.80 bits per heavy atom. The molecule has 2 fully saturated rings. The second kappa shape index (κ2) is 9.02. The first-order valence-corrected chi connectivity index (χ1v) is 11.6. The Hall–Kier alpha value is -3.93. The van der Waals surface area contributed by atoms with Crippen molar-refractivity contribution in [1.82, 2.24) is 25.1 Å². The average molecular weight is 479 g/mol. The third kappa shape index (κ3) is 4.20. The van der Waals surface area contributed by atoms with E-state index in [1.807, 2.05) is 24.4 Å². The molecule has 6 rings (SSSR count). The maximum Gasteiger partial charge on any atom is 0.416 e. The zero-order valence-corrected chi connectivity index (χ0v) is 19.3. The molecule has 2 saturated heterocycles. The quantitative estimate of drug-likeness (QED) is 0.528. The zero-order valence-electron chi connectivity index (χ0n) is 19.3. The van der Waals surface area contributed by atoms with Gasteiger partial charge in [-0.15, -0.1) is 10.2 Å². The maximum atomic E-state index is 12.5. The number of carbonyl (C=O) groups is 1. The van der Waals surface area contributed by atoms with Gasteiger partial charge in [0, 0.05) is 51.1 Å². The summed E-state index contributed by atoms with van der Waals surface area (Å²) in [6, 6.07) is 7.41. The van der Waals surface area contributed by atoms with E-state index in [0.29, 0.717) is 49.6 Å². The molecule has 0 radical (unpaired) electrons. The lowest BCUT2D eigenvalue weighted by molar-refractivity contribution is 0.106. The number of aromatic nitrogens is 4. The molecule has 3 aliphatic heterocycles. The summed E-state index contributed by atoms with van der Waals surface area (Å²) in [5.41, 5.74) is 2.72. The van der Waals surface area contributed by atoms with Crippen LogP contribution in [-0.2, 0) is 4.74 Å². The molecule has 6 heterocycles. The van der Waals surface area contributed by atoms with Crippen molar-refractivity contribution in [3.05, 3.63) is 30.5 Å². The summed E-state index contributed by atoms with van der Waals surface area (Å²) in [5, 5.41) is 8.14. The average Bonchev–Trinajstić information content (AvgIpc) is 3.27. The van der Waals surface area contributed by atoms with Gasteiger partial charge in [-0.2, -0.15) is 0 Å². The predicted octanol–water partition coefficient (Wildman–Crippen LogP) is 1.35. The molecule has 12 nitrogen and oxygen atoms in total. The van der Waals surface area contributed by atoms with Crippen LogP contribution in [0.5, 0.6) is 17.5 Å². The minimum Gasteiger partial charge on any atom is -0.484 e. The van der Waals surface area contributed by atoms with Crippen molar-refractivity contribution in [2.75, 3.05) is 69.4 Å². The summed E-state index contributed by atoms with van der Waals surface area (Å²) >= 11 is 0. The molecule has 3 aromatic heterocycles. The first-order valence-electron chi connectivity index (χ1n) is 11.6. The summed E-state index contributed by atoms with van der Waals surface area (Å²) in [5.74, 6) is 1.81. The fourth-order valence-corrected chi connectivity index (χ4v) is 4.60. The smallest absolute Gasteiger partial charge is 0.416 e. The van der Waals surface area contributed by atoms with Gasteiger partial charge in [-0.1, -0.05) is 0 Å². The van der Waals surface area contributed by atoms with Gasteiger partial charge in [0.2, 0.25) is 5.88 Å². The number of hydrogen-bond acceptors (Lipinski definition) is 11. The third-order valence-electron chi connectivity index (χ3n) is 6.37. The van der Waals surface area contributed by atoms with Gasteiger partial charge in [0.15, 0.2) is 11.6 Å². The molecule has 1 amide bonds. The molecule has 0 N–H and O–H groups in total. The molecule has 0 aliphatic carbocycles. The summed E-state index contributed by atoms with van der Waals surface area (Å²) < 4.78 is 21.9. The monoisotopic (exact) mass is 479 g/mol. The molecule has 1 atom stereocenters. The summed E-state index contributed by atoms with van der Waals surface area (Å²) in [4.78, 5) is 27.7. The van der Waals surface area contributed by atoms with Crippen LogP contribution in [0.2, 0.25) is 0 Å². The first kappa shape index (κ1) is 21.6. The number of amides is 1. The molecule has 3 aliphatic rings. The van der Waals surface area contributed by atoms with E-state index in [4.69, 9.17) is 18.9 Å². The van der Waals surface area contributed by atoms with Crippen molar-refractivity contribution >= 4 is 28.6 Å². The Morgan fingerprint density at radius 2 is 1.94 bits per heavy atom. The van der Waals surface area contributed by atoms with E-state index < -0.39 is 6.09 Å². The van der Waals surface area contributed by atoms with Crippen molar-refractivity contribution < 1.29 is 23.7 Å². The van der Waals surface area contributed by atoms with Crippen LogP contribution in [-0.4, -0.2) is 96.9 Å². The number of anilines is 2. The highest BCUT2D eigenvalue weighted by atomic mass is 16.6. The standard InChI is InChI=1S/C23H25N7O5/c1-32-20-3-2-16-21(25-20)17(4-5-24-16)29-8-6-28(7-9-29)13-15-14-30(23(31)35-15)19-12-18-22(27-26-19)34-11-10-33-18/h2-5,12,15H,6-11,13-14H2,1H3/t15-/m1/s1. The van der Waals surface area contributed by atoms with Crippen LogP contribution in [0.25, 0.3) is 11.0 Å². The highest BCUT2D eigenvalue weighted by Gasteiger charge is 2.36. The molecule has 0 aromatic carbocycles. The minimum absolute atomic E-state index is 0.253. The van der Waals surface area contributed by atoms with Crippen LogP contribution in [0.4, 0.5) is 16.3 Å². The Morgan fingerprint density at radius 1 is 1.09 bits per heavy atom. The lowest BCUT2D eigenvalue weighted by Crippen LogP contribution is -2.49. The number of pyridine rings is 2. The maximum absolute atomic E-state index is 12.5. The number of ether oxygens (including phenoxy) is 4. The van der Waals surface area contributed by atoms with Gasteiger partial charge in [-0.05, 0) is 12.1 Å². The normalized spacial score (nSPS) is 20.3. The second-order valence-corrected chi connectivity index (χ2v) is 8.52. The highest BCUT2D eigenvalue weighted by molar-refractivity contribution is 5.89. The Balaban J connectivity index is 1.08. The SMILES string of the molecule is COc1ccc2nccc(N3CCN(C[C@@H]4CN(c5cc6c(nn5)OCCO6)C(=O)O4)CC3)c2n1. The van der Waals surface area contributed by atoms with Crippen molar-refractivity contribution in [3.63, 3.8) is 0 Å². The molecule has 182 valence electrons. The third-order valence-corrected chi connectivity index (χ3v) is 6.37. The van der Waals surface area contributed by atoms with E-state index in [1.165, 1.54) is 4.90 Å². The number of rotatable bonds is 5. The Kier molecular flexibility index (Phi) is 5.57. The second-order valence-electron chi connectivity index (χ2n) is 8.52.